The Kier molecular flexibility index (Phi) is 5.23. The van der Waals surface area contributed by atoms with Crippen molar-refractivity contribution in [2.75, 3.05) is 12.3 Å². The van der Waals surface area contributed by atoms with Crippen molar-refractivity contribution in [1.82, 2.24) is 34.6 Å². The molecule has 26 heavy (non-hydrogen) atoms. The standard InChI is InChI=1S/C15H18N8.CH2O2/c1-22-6-11(4-21-22)12-7-23(8-13-14(12)20-9-19-13)5-10-2-17-15(16)18-3-10;2-1-3/h2-4,6,9,12H,5,7-8H2,1H3,(H,19,20)(H2,16,17,18);1H,(H,2,3). The van der Waals surface area contributed by atoms with E-state index in [0.29, 0.717) is 5.95 Å². The lowest BCUT2D eigenvalue weighted by molar-refractivity contribution is -0.122. The molecule has 4 N–H and O–H groups in total. The molecule has 0 aromatic carbocycles. The first kappa shape index (κ1) is 17.5. The number of nitrogens with one attached hydrogen (secondary N) is 1. The van der Waals surface area contributed by atoms with Gasteiger partial charge in [-0.25, -0.2) is 15.0 Å². The van der Waals surface area contributed by atoms with Crippen molar-refractivity contribution in [3.63, 3.8) is 0 Å². The third-order valence-corrected chi connectivity index (χ3v) is 4.16. The van der Waals surface area contributed by atoms with E-state index >= 15 is 0 Å². The van der Waals surface area contributed by atoms with E-state index < -0.39 is 0 Å². The van der Waals surface area contributed by atoms with Crippen LogP contribution in [0, 0.1) is 0 Å². The summed E-state index contributed by atoms with van der Waals surface area (Å²) in [6.45, 7) is 2.24. The molecule has 0 spiro atoms. The summed E-state index contributed by atoms with van der Waals surface area (Å²) in [4.78, 5) is 26.6. The van der Waals surface area contributed by atoms with Gasteiger partial charge < -0.3 is 15.8 Å². The van der Waals surface area contributed by atoms with Gasteiger partial charge in [0.25, 0.3) is 6.47 Å². The van der Waals surface area contributed by atoms with Gasteiger partial charge in [-0.2, -0.15) is 5.10 Å². The second-order valence-corrected chi connectivity index (χ2v) is 5.99. The highest BCUT2D eigenvalue weighted by molar-refractivity contribution is 5.32. The highest BCUT2D eigenvalue weighted by Crippen LogP contribution is 2.31. The van der Waals surface area contributed by atoms with Gasteiger partial charge in [0.05, 0.1) is 23.9 Å². The van der Waals surface area contributed by atoms with Crippen LogP contribution in [0.5, 0.6) is 0 Å². The first-order valence-electron chi connectivity index (χ1n) is 7.98. The summed E-state index contributed by atoms with van der Waals surface area (Å²) in [5.41, 5.74) is 10.0. The van der Waals surface area contributed by atoms with Crippen LogP contribution in [-0.2, 0) is 24.9 Å². The maximum absolute atomic E-state index is 8.36. The minimum Gasteiger partial charge on any atom is -0.483 e. The fraction of sp³-hybridized carbons (Fsp3) is 0.312. The van der Waals surface area contributed by atoms with Crippen LogP contribution in [0.25, 0.3) is 0 Å². The average Bonchev–Trinajstić information content (AvgIpc) is 3.26. The lowest BCUT2D eigenvalue weighted by Gasteiger charge is -2.31. The highest BCUT2D eigenvalue weighted by Gasteiger charge is 2.29. The Morgan fingerprint density at radius 2 is 2.08 bits per heavy atom. The number of nitrogens with two attached hydrogens (primary N) is 1. The van der Waals surface area contributed by atoms with Gasteiger partial charge in [-0.15, -0.1) is 0 Å². The molecular formula is C16H20N8O2. The van der Waals surface area contributed by atoms with Gasteiger partial charge in [-0.3, -0.25) is 14.4 Å². The number of rotatable bonds is 3. The molecule has 1 aliphatic heterocycles. The number of carbonyl (C=O) groups is 1. The predicted molar refractivity (Wildman–Crippen MR) is 92.9 cm³/mol. The first-order chi connectivity index (χ1) is 12.6. The summed E-state index contributed by atoms with van der Waals surface area (Å²) in [6, 6.07) is 0. The topological polar surface area (TPSA) is 139 Å². The quantitative estimate of drug-likeness (QED) is 0.572. The molecule has 0 saturated carbocycles. The van der Waals surface area contributed by atoms with E-state index in [1.54, 1.807) is 18.7 Å². The molecule has 1 atom stereocenters. The van der Waals surface area contributed by atoms with Crippen molar-refractivity contribution in [3.8, 4) is 0 Å². The van der Waals surface area contributed by atoms with Gasteiger partial charge >= 0.3 is 0 Å². The third-order valence-electron chi connectivity index (χ3n) is 4.16. The molecule has 0 bridgehead atoms. The zero-order valence-corrected chi connectivity index (χ0v) is 14.3. The number of imidazole rings is 1. The molecule has 1 aliphatic rings. The Hall–Kier alpha value is -3.27. The average molecular weight is 356 g/mol. The van der Waals surface area contributed by atoms with Crippen LogP contribution in [0.15, 0.2) is 31.1 Å². The summed E-state index contributed by atoms with van der Waals surface area (Å²) in [6.07, 6.45) is 9.30. The molecule has 3 aromatic rings. The van der Waals surface area contributed by atoms with Crippen LogP contribution >= 0.6 is 0 Å². The molecule has 136 valence electrons. The third kappa shape index (κ3) is 3.86. The number of carboxylic acid groups (broad SMARTS) is 1. The molecule has 3 aromatic heterocycles. The minimum absolute atomic E-state index is 0.216. The zero-order chi connectivity index (χ0) is 18.5. The lowest BCUT2D eigenvalue weighted by atomic mass is 9.93. The van der Waals surface area contributed by atoms with Gasteiger partial charge in [0.2, 0.25) is 5.95 Å². The molecule has 1 unspecified atom stereocenters. The minimum atomic E-state index is -0.250. The van der Waals surface area contributed by atoms with Crippen molar-refractivity contribution in [2.45, 2.75) is 19.0 Å². The Morgan fingerprint density at radius 3 is 2.73 bits per heavy atom. The van der Waals surface area contributed by atoms with Crippen molar-refractivity contribution in [3.05, 3.63) is 53.6 Å². The van der Waals surface area contributed by atoms with E-state index in [1.165, 1.54) is 5.56 Å². The van der Waals surface area contributed by atoms with Crippen LogP contribution < -0.4 is 5.73 Å². The first-order valence-corrected chi connectivity index (χ1v) is 7.98. The van der Waals surface area contributed by atoms with E-state index in [2.05, 4.69) is 36.1 Å². The van der Waals surface area contributed by atoms with E-state index in [9.17, 15) is 0 Å². The van der Waals surface area contributed by atoms with Crippen LogP contribution in [0.1, 0.15) is 28.4 Å². The van der Waals surface area contributed by atoms with Gasteiger partial charge in [0, 0.05) is 62.3 Å². The smallest absolute Gasteiger partial charge is 0.290 e. The molecule has 0 radical (unpaired) electrons. The number of anilines is 1. The Balaban J connectivity index is 0.000000613. The normalized spacial score (nSPS) is 16.4. The Morgan fingerprint density at radius 1 is 1.35 bits per heavy atom. The summed E-state index contributed by atoms with van der Waals surface area (Å²) >= 11 is 0. The summed E-state index contributed by atoms with van der Waals surface area (Å²) in [5, 5.41) is 11.2. The predicted octanol–water partition coefficient (Wildman–Crippen LogP) is 0.364. The summed E-state index contributed by atoms with van der Waals surface area (Å²) < 4.78 is 1.83. The largest absolute Gasteiger partial charge is 0.483 e. The van der Waals surface area contributed by atoms with Crippen LogP contribution in [-0.4, -0.2) is 52.7 Å². The number of nitrogen functional groups attached to an aromatic ring is 1. The fourth-order valence-corrected chi connectivity index (χ4v) is 3.10. The van der Waals surface area contributed by atoms with Crippen molar-refractivity contribution in [1.29, 1.82) is 0 Å². The number of hydrogen-bond donors (Lipinski definition) is 3. The van der Waals surface area contributed by atoms with Crippen LogP contribution in [0.3, 0.4) is 0 Å². The number of nitrogens with zero attached hydrogens (tertiary/aromatic N) is 6. The number of aryl methyl sites for hydroxylation is 1. The van der Waals surface area contributed by atoms with Gasteiger partial charge in [-0.05, 0) is 0 Å². The van der Waals surface area contributed by atoms with Gasteiger partial charge in [0.1, 0.15) is 0 Å². The molecule has 4 heterocycles. The number of H-pyrrole nitrogens is 1. The van der Waals surface area contributed by atoms with E-state index in [1.807, 2.05) is 17.9 Å². The number of aromatic nitrogens is 6. The second kappa shape index (κ2) is 7.74. The second-order valence-electron chi connectivity index (χ2n) is 5.99. The van der Waals surface area contributed by atoms with Gasteiger partial charge in [0.15, 0.2) is 0 Å². The number of hydrogen-bond acceptors (Lipinski definition) is 7. The monoisotopic (exact) mass is 356 g/mol. The Bertz CT molecular complexity index is 857. The van der Waals surface area contributed by atoms with E-state index in [0.717, 1.165) is 36.6 Å². The lowest BCUT2D eigenvalue weighted by Crippen LogP contribution is -2.33. The van der Waals surface area contributed by atoms with Gasteiger partial charge in [-0.1, -0.05) is 0 Å². The SMILES string of the molecule is Cn1cc(C2CN(Cc3cnc(N)nc3)Cc3[nH]cnc32)cn1.O=CO. The van der Waals surface area contributed by atoms with Crippen LogP contribution in [0.4, 0.5) is 5.95 Å². The van der Waals surface area contributed by atoms with Crippen molar-refractivity contribution < 1.29 is 9.90 Å². The van der Waals surface area contributed by atoms with Crippen molar-refractivity contribution >= 4 is 12.4 Å². The molecule has 10 heteroatoms. The molecule has 0 fully saturated rings. The molecule has 0 aliphatic carbocycles. The number of fused-ring (bicyclic) bond motifs is 1. The molecule has 0 amide bonds. The molecule has 4 rings (SSSR count). The molecule has 0 saturated heterocycles. The van der Waals surface area contributed by atoms with E-state index in [4.69, 9.17) is 15.6 Å². The summed E-state index contributed by atoms with van der Waals surface area (Å²) in [7, 11) is 1.93. The molecular weight excluding hydrogens is 336 g/mol. The fourth-order valence-electron chi connectivity index (χ4n) is 3.10. The van der Waals surface area contributed by atoms with Crippen LogP contribution in [0.2, 0.25) is 0 Å². The molecule has 10 nitrogen and oxygen atoms in total. The highest BCUT2D eigenvalue weighted by atomic mass is 16.3. The number of aromatic amines is 1. The maximum atomic E-state index is 8.36. The van der Waals surface area contributed by atoms with E-state index in [-0.39, 0.29) is 12.4 Å². The Labute approximate surface area is 149 Å². The zero-order valence-electron chi connectivity index (χ0n) is 14.3. The maximum Gasteiger partial charge on any atom is 0.290 e. The summed E-state index contributed by atoms with van der Waals surface area (Å²) in [5.74, 6) is 0.518. The van der Waals surface area contributed by atoms with Crippen molar-refractivity contribution in [2.24, 2.45) is 7.05 Å².